The number of nitrogens with one attached hydrogen (secondary N) is 1. The lowest BCUT2D eigenvalue weighted by Gasteiger charge is -2.14. The second kappa shape index (κ2) is 7.60. The fraction of sp³-hybridized carbons (Fsp3) is 0.278. The topological polar surface area (TPSA) is 55.1 Å². The number of hydrogen-bond donors (Lipinski definition) is 2. The van der Waals surface area contributed by atoms with Crippen molar-refractivity contribution < 1.29 is 4.79 Å². The van der Waals surface area contributed by atoms with Gasteiger partial charge in [-0.15, -0.1) is 0 Å². The van der Waals surface area contributed by atoms with Crippen LogP contribution >= 0.6 is 0 Å². The van der Waals surface area contributed by atoms with E-state index in [-0.39, 0.29) is 5.91 Å². The first kappa shape index (κ1) is 15.3. The number of nitrogens with two attached hydrogens (primary N) is 1. The molecule has 0 aromatic heterocycles. The lowest BCUT2D eigenvalue weighted by molar-refractivity contribution is 0.100. The molecule has 0 bridgehead atoms. The second-order valence-corrected chi connectivity index (χ2v) is 5.37. The van der Waals surface area contributed by atoms with E-state index in [1.54, 1.807) is 12.1 Å². The fourth-order valence-electron chi connectivity index (χ4n) is 2.21. The highest BCUT2D eigenvalue weighted by Crippen LogP contribution is 2.07. The lowest BCUT2D eigenvalue weighted by Crippen LogP contribution is -2.26. The molecule has 3 N–H and O–H groups in total. The van der Waals surface area contributed by atoms with Gasteiger partial charge in [-0.1, -0.05) is 42.5 Å². The Balaban J connectivity index is 1.75. The van der Waals surface area contributed by atoms with Crippen molar-refractivity contribution in [2.24, 2.45) is 5.73 Å². The van der Waals surface area contributed by atoms with Crippen molar-refractivity contribution in [3.05, 3.63) is 71.3 Å². The molecule has 0 aliphatic rings. The molecule has 0 saturated heterocycles. The summed E-state index contributed by atoms with van der Waals surface area (Å²) in [5.74, 6) is -0.384. The van der Waals surface area contributed by atoms with Crippen LogP contribution in [-0.4, -0.2) is 11.9 Å². The minimum atomic E-state index is -0.384. The van der Waals surface area contributed by atoms with Gasteiger partial charge in [-0.25, -0.2) is 0 Å². The molecule has 0 fully saturated rings. The van der Waals surface area contributed by atoms with Gasteiger partial charge in [0.25, 0.3) is 0 Å². The number of aryl methyl sites for hydroxylation is 1. The van der Waals surface area contributed by atoms with Crippen molar-refractivity contribution in [1.82, 2.24) is 5.32 Å². The third-order valence-corrected chi connectivity index (χ3v) is 3.60. The number of hydrogen-bond acceptors (Lipinski definition) is 2. The molecule has 21 heavy (non-hydrogen) atoms. The maximum atomic E-state index is 11.0. The molecule has 0 radical (unpaired) electrons. The van der Waals surface area contributed by atoms with Crippen LogP contribution in [0.4, 0.5) is 0 Å². The number of carbonyl (C=O) groups is 1. The van der Waals surface area contributed by atoms with E-state index in [4.69, 9.17) is 5.73 Å². The molecule has 1 amide bonds. The number of carbonyl (C=O) groups excluding carboxylic acids is 1. The molecular formula is C18H22N2O. The monoisotopic (exact) mass is 282 g/mol. The molecule has 0 aliphatic carbocycles. The minimum absolute atomic E-state index is 0.384. The van der Waals surface area contributed by atoms with E-state index in [0.717, 1.165) is 24.9 Å². The average molecular weight is 282 g/mol. The first-order valence-corrected chi connectivity index (χ1v) is 7.31. The van der Waals surface area contributed by atoms with Crippen molar-refractivity contribution in [3.8, 4) is 0 Å². The highest BCUT2D eigenvalue weighted by Gasteiger charge is 2.03. The number of benzene rings is 2. The Hall–Kier alpha value is -2.13. The Morgan fingerprint density at radius 2 is 1.71 bits per heavy atom. The zero-order chi connectivity index (χ0) is 15.1. The summed E-state index contributed by atoms with van der Waals surface area (Å²) >= 11 is 0. The van der Waals surface area contributed by atoms with Crippen LogP contribution in [0.5, 0.6) is 0 Å². The summed E-state index contributed by atoms with van der Waals surface area (Å²) in [6, 6.07) is 18.4. The van der Waals surface area contributed by atoms with Crippen molar-refractivity contribution in [3.63, 3.8) is 0 Å². The van der Waals surface area contributed by atoms with Crippen LogP contribution in [0.25, 0.3) is 0 Å². The Morgan fingerprint density at radius 3 is 2.33 bits per heavy atom. The third-order valence-electron chi connectivity index (χ3n) is 3.60. The van der Waals surface area contributed by atoms with Gasteiger partial charge in [-0.2, -0.15) is 0 Å². The molecule has 1 atom stereocenters. The standard InChI is InChI=1S/C18H22N2O/c1-14(7-8-15-5-3-2-4-6-15)20-13-16-9-11-17(12-10-16)18(19)21/h2-6,9-12,14,20H,7-8,13H2,1H3,(H2,19,21). The molecule has 0 spiro atoms. The number of amides is 1. The molecule has 2 aromatic rings. The molecule has 0 heterocycles. The molecule has 0 aliphatic heterocycles. The molecule has 0 saturated carbocycles. The van der Waals surface area contributed by atoms with Gasteiger partial charge in [0, 0.05) is 18.2 Å². The summed E-state index contributed by atoms with van der Waals surface area (Å²) in [4.78, 5) is 11.0. The van der Waals surface area contributed by atoms with Crippen LogP contribution in [0.3, 0.4) is 0 Å². The predicted molar refractivity (Wildman–Crippen MR) is 86.0 cm³/mol. The SMILES string of the molecule is CC(CCc1ccccc1)NCc1ccc(C(N)=O)cc1. The minimum Gasteiger partial charge on any atom is -0.366 e. The molecule has 110 valence electrons. The van der Waals surface area contributed by atoms with Gasteiger partial charge in [0.2, 0.25) is 5.91 Å². The summed E-state index contributed by atoms with van der Waals surface area (Å²) in [6.07, 6.45) is 2.18. The second-order valence-electron chi connectivity index (χ2n) is 5.37. The van der Waals surface area contributed by atoms with Gasteiger partial charge in [-0.05, 0) is 43.0 Å². The van der Waals surface area contributed by atoms with E-state index in [1.807, 2.05) is 18.2 Å². The van der Waals surface area contributed by atoms with E-state index in [2.05, 4.69) is 36.5 Å². The Kier molecular flexibility index (Phi) is 5.52. The van der Waals surface area contributed by atoms with Gasteiger partial charge < -0.3 is 11.1 Å². The molecule has 2 rings (SSSR count). The van der Waals surface area contributed by atoms with E-state index in [9.17, 15) is 4.79 Å². The smallest absolute Gasteiger partial charge is 0.248 e. The van der Waals surface area contributed by atoms with E-state index in [0.29, 0.717) is 11.6 Å². The Morgan fingerprint density at radius 1 is 1.05 bits per heavy atom. The lowest BCUT2D eigenvalue weighted by atomic mass is 10.1. The van der Waals surface area contributed by atoms with Crippen LogP contribution in [0.2, 0.25) is 0 Å². The summed E-state index contributed by atoms with van der Waals surface area (Å²) < 4.78 is 0. The summed E-state index contributed by atoms with van der Waals surface area (Å²) in [7, 11) is 0. The normalized spacial score (nSPS) is 12.0. The predicted octanol–water partition coefficient (Wildman–Crippen LogP) is 2.90. The van der Waals surface area contributed by atoms with Gasteiger partial charge in [0.05, 0.1) is 0 Å². The zero-order valence-corrected chi connectivity index (χ0v) is 12.4. The van der Waals surface area contributed by atoms with Gasteiger partial charge in [0.1, 0.15) is 0 Å². The molecule has 3 heteroatoms. The highest BCUT2D eigenvalue weighted by atomic mass is 16.1. The Labute approximate surface area is 126 Å². The van der Waals surface area contributed by atoms with E-state index >= 15 is 0 Å². The van der Waals surface area contributed by atoms with E-state index in [1.165, 1.54) is 5.56 Å². The quantitative estimate of drug-likeness (QED) is 0.820. The maximum Gasteiger partial charge on any atom is 0.248 e. The zero-order valence-electron chi connectivity index (χ0n) is 12.4. The van der Waals surface area contributed by atoms with Gasteiger partial charge in [0.15, 0.2) is 0 Å². The summed E-state index contributed by atoms with van der Waals surface area (Å²) in [6.45, 7) is 3.00. The first-order chi connectivity index (χ1) is 10.1. The first-order valence-electron chi connectivity index (χ1n) is 7.31. The van der Waals surface area contributed by atoms with Gasteiger partial charge in [-0.3, -0.25) is 4.79 Å². The molecular weight excluding hydrogens is 260 g/mol. The molecule has 2 aromatic carbocycles. The highest BCUT2D eigenvalue weighted by molar-refractivity contribution is 5.92. The van der Waals surface area contributed by atoms with Crippen LogP contribution in [0, 0.1) is 0 Å². The van der Waals surface area contributed by atoms with Crippen molar-refractivity contribution >= 4 is 5.91 Å². The largest absolute Gasteiger partial charge is 0.366 e. The van der Waals surface area contributed by atoms with Crippen molar-refractivity contribution in [2.75, 3.05) is 0 Å². The van der Waals surface area contributed by atoms with Crippen molar-refractivity contribution in [2.45, 2.75) is 32.4 Å². The Bertz CT molecular complexity index is 564. The maximum absolute atomic E-state index is 11.0. The van der Waals surface area contributed by atoms with Crippen LogP contribution < -0.4 is 11.1 Å². The average Bonchev–Trinajstić information content (AvgIpc) is 2.52. The number of primary amides is 1. The third kappa shape index (κ3) is 5.04. The van der Waals surface area contributed by atoms with Crippen LogP contribution in [0.1, 0.15) is 34.8 Å². The van der Waals surface area contributed by atoms with E-state index < -0.39 is 0 Å². The van der Waals surface area contributed by atoms with Crippen LogP contribution in [0.15, 0.2) is 54.6 Å². The number of rotatable bonds is 7. The summed E-state index contributed by atoms with van der Waals surface area (Å²) in [5.41, 5.74) is 8.31. The summed E-state index contributed by atoms with van der Waals surface area (Å²) in [5, 5.41) is 3.50. The molecule has 1 unspecified atom stereocenters. The van der Waals surface area contributed by atoms with Crippen LogP contribution in [-0.2, 0) is 13.0 Å². The van der Waals surface area contributed by atoms with Gasteiger partial charge >= 0.3 is 0 Å². The fourth-order valence-corrected chi connectivity index (χ4v) is 2.21. The molecule has 3 nitrogen and oxygen atoms in total. The van der Waals surface area contributed by atoms with Crippen molar-refractivity contribution in [1.29, 1.82) is 0 Å².